The van der Waals surface area contributed by atoms with Crippen molar-refractivity contribution >= 4 is 11.7 Å². The molecule has 21 heavy (non-hydrogen) atoms. The van der Waals surface area contributed by atoms with Crippen molar-refractivity contribution in [2.75, 3.05) is 5.32 Å². The molecule has 114 valence electrons. The number of carbonyl (C=O) groups excluding carboxylic acids is 1. The lowest BCUT2D eigenvalue weighted by Gasteiger charge is -2.13. The Morgan fingerprint density at radius 3 is 2.81 bits per heavy atom. The maximum atomic E-state index is 12.2. The molecule has 0 spiro atoms. The van der Waals surface area contributed by atoms with E-state index in [1.54, 1.807) is 11.0 Å². The van der Waals surface area contributed by atoms with E-state index in [4.69, 9.17) is 0 Å². The van der Waals surface area contributed by atoms with Gasteiger partial charge in [0.2, 0.25) is 0 Å². The highest BCUT2D eigenvalue weighted by atomic mass is 19.3. The van der Waals surface area contributed by atoms with Gasteiger partial charge in [0.1, 0.15) is 19.2 Å². The zero-order valence-corrected chi connectivity index (χ0v) is 11.3. The highest BCUT2D eigenvalue weighted by Crippen LogP contribution is 2.06. The zero-order chi connectivity index (χ0) is 15.2. The van der Waals surface area contributed by atoms with Crippen molar-refractivity contribution in [3.63, 3.8) is 0 Å². The van der Waals surface area contributed by atoms with Crippen LogP contribution in [0.4, 0.5) is 19.3 Å². The molecule has 8 nitrogen and oxygen atoms in total. The van der Waals surface area contributed by atoms with E-state index in [9.17, 15) is 13.6 Å². The molecule has 2 rings (SSSR count). The van der Waals surface area contributed by atoms with Gasteiger partial charge in [0.05, 0.1) is 18.4 Å². The molecule has 0 radical (unpaired) electrons. The third kappa shape index (κ3) is 4.82. The molecule has 2 N–H and O–H groups in total. The second kappa shape index (κ2) is 6.77. The first kappa shape index (κ1) is 14.9. The van der Waals surface area contributed by atoms with Crippen molar-refractivity contribution in [3.05, 3.63) is 25.0 Å². The summed E-state index contributed by atoms with van der Waals surface area (Å²) in [4.78, 5) is 15.5. The highest BCUT2D eigenvalue weighted by Gasteiger charge is 2.10. The molecular formula is C11H15F2N7O. The average Bonchev–Trinajstić information content (AvgIpc) is 3.00. The molecule has 0 aliphatic rings. The lowest BCUT2D eigenvalue weighted by molar-refractivity contribution is 0.122. The van der Waals surface area contributed by atoms with E-state index >= 15 is 0 Å². The molecule has 2 amide bonds. The molecule has 0 aliphatic carbocycles. The molecule has 10 heteroatoms. The number of amides is 2. The van der Waals surface area contributed by atoms with Crippen LogP contribution in [0.15, 0.2) is 25.0 Å². The molecular weight excluding hydrogens is 284 g/mol. The van der Waals surface area contributed by atoms with E-state index in [-0.39, 0.29) is 6.04 Å². The smallest absolute Gasteiger partial charge is 0.319 e. The van der Waals surface area contributed by atoms with Gasteiger partial charge in [-0.25, -0.2) is 18.6 Å². The first-order chi connectivity index (χ1) is 10.0. The summed E-state index contributed by atoms with van der Waals surface area (Å²) in [6.07, 6.45) is 3.11. The van der Waals surface area contributed by atoms with Crippen LogP contribution in [0.2, 0.25) is 0 Å². The number of rotatable bonds is 6. The van der Waals surface area contributed by atoms with Gasteiger partial charge in [0.25, 0.3) is 6.43 Å². The lowest BCUT2D eigenvalue weighted by atomic mass is 10.3. The highest BCUT2D eigenvalue weighted by molar-refractivity contribution is 5.89. The topological polar surface area (TPSA) is 89.7 Å². The van der Waals surface area contributed by atoms with Gasteiger partial charge in [0.15, 0.2) is 0 Å². The van der Waals surface area contributed by atoms with Crippen LogP contribution in [-0.4, -0.2) is 43.0 Å². The second-order valence-corrected chi connectivity index (χ2v) is 4.46. The van der Waals surface area contributed by atoms with Gasteiger partial charge in [-0.2, -0.15) is 10.2 Å². The van der Waals surface area contributed by atoms with Gasteiger partial charge in [-0.15, -0.1) is 0 Å². The van der Waals surface area contributed by atoms with Crippen LogP contribution in [0.1, 0.15) is 6.92 Å². The van der Waals surface area contributed by atoms with Crippen molar-refractivity contribution in [1.82, 2.24) is 29.9 Å². The average molecular weight is 299 g/mol. The van der Waals surface area contributed by atoms with Crippen molar-refractivity contribution < 1.29 is 13.6 Å². The van der Waals surface area contributed by atoms with Crippen molar-refractivity contribution in [2.24, 2.45) is 0 Å². The first-order valence-electron chi connectivity index (χ1n) is 6.23. The fraction of sp³-hybridized carbons (Fsp3) is 0.455. The molecule has 0 saturated heterocycles. The zero-order valence-electron chi connectivity index (χ0n) is 11.3. The van der Waals surface area contributed by atoms with Crippen LogP contribution in [0.5, 0.6) is 0 Å². The van der Waals surface area contributed by atoms with Crippen LogP contribution in [0.3, 0.4) is 0 Å². The summed E-state index contributed by atoms with van der Waals surface area (Å²) in [6, 6.07) is -0.623. The number of carbonyl (C=O) groups is 1. The van der Waals surface area contributed by atoms with Gasteiger partial charge < -0.3 is 10.6 Å². The van der Waals surface area contributed by atoms with Crippen LogP contribution in [0, 0.1) is 0 Å². The van der Waals surface area contributed by atoms with Crippen molar-refractivity contribution in [2.45, 2.75) is 32.5 Å². The van der Waals surface area contributed by atoms with Gasteiger partial charge in [-0.3, -0.25) is 9.36 Å². The van der Waals surface area contributed by atoms with Crippen molar-refractivity contribution in [1.29, 1.82) is 0 Å². The Balaban J connectivity index is 1.79. The van der Waals surface area contributed by atoms with Crippen LogP contribution in [-0.2, 0) is 13.1 Å². The minimum Gasteiger partial charge on any atom is -0.334 e. The molecule has 0 fully saturated rings. The van der Waals surface area contributed by atoms with E-state index in [1.807, 2.05) is 6.92 Å². The number of hydrogen-bond donors (Lipinski definition) is 2. The third-order valence-electron chi connectivity index (χ3n) is 2.52. The molecule has 1 atom stereocenters. The molecule has 2 aromatic rings. The Kier molecular flexibility index (Phi) is 4.80. The summed E-state index contributed by atoms with van der Waals surface area (Å²) in [7, 11) is 0. The van der Waals surface area contributed by atoms with Crippen molar-refractivity contribution in [3.8, 4) is 0 Å². The summed E-state index contributed by atoms with van der Waals surface area (Å²) < 4.78 is 27.0. The lowest BCUT2D eigenvalue weighted by Crippen LogP contribution is -2.38. The quantitative estimate of drug-likeness (QED) is 0.831. The minimum atomic E-state index is -2.49. The number of aromatic nitrogens is 5. The SMILES string of the molecule is CC(Cn1cncn1)NC(=O)Nc1cnn(CC(F)F)c1. The van der Waals surface area contributed by atoms with Crippen LogP contribution < -0.4 is 10.6 Å². The standard InChI is InChI=1S/C11H15F2N7O/c1-8(3-20-7-14-6-16-20)17-11(21)18-9-2-15-19(4-9)5-10(12)13/h2,4,6-8,10H,3,5H2,1H3,(H2,17,18,21). The second-order valence-electron chi connectivity index (χ2n) is 4.46. The Labute approximate surface area is 119 Å². The van der Waals surface area contributed by atoms with Gasteiger partial charge in [0, 0.05) is 12.2 Å². The third-order valence-corrected chi connectivity index (χ3v) is 2.52. The van der Waals surface area contributed by atoms with E-state index < -0.39 is 19.0 Å². The molecule has 2 aromatic heterocycles. The van der Waals surface area contributed by atoms with Crippen LogP contribution >= 0.6 is 0 Å². The van der Waals surface area contributed by atoms with Gasteiger partial charge in [-0.05, 0) is 6.92 Å². The predicted octanol–water partition coefficient (Wildman–Crippen LogP) is 0.950. The van der Waals surface area contributed by atoms with E-state index in [0.717, 1.165) is 4.68 Å². The molecule has 2 heterocycles. The Hall–Kier alpha value is -2.52. The summed E-state index contributed by atoms with van der Waals surface area (Å²) in [5.41, 5.74) is 0.348. The number of urea groups is 1. The fourth-order valence-corrected chi connectivity index (χ4v) is 1.71. The number of anilines is 1. The largest absolute Gasteiger partial charge is 0.334 e. The molecule has 0 aromatic carbocycles. The summed E-state index contributed by atoms with van der Waals surface area (Å²) in [5.74, 6) is 0. The van der Waals surface area contributed by atoms with E-state index in [1.165, 1.54) is 18.7 Å². The van der Waals surface area contributed by atoms with Gasteiger partial charge >= 0.3 is 6.03 Å². The number of hydrogen-bond acceptors (Lipinski definition) is 4. The maximum absolute atomic E-state index is 12.2. The van der Waals surface area contributed by atoms with Crippen LogP contribution in [0.25, 0.3) is 0 Å². The summed E-state index contributed by atoms with van der Waals surface area (Å²) in [6.45, 7) is 1.77. The molecule has 0 saturated carbocycles. The summed E-state index contributed by atoms with van der Waals surface area (Å²) >= 11 is 0. The van der Waals surface area contributed by atoms with Gasteiger partial charge in [-0.1, -0.05) is 0 Å². The monoisotopic (exact) mass is 299 g/mol. The summed E-state index contributed by atoms with van der Waals surface area (Å²) in [5, 5.41) is 12.9. The molecule has 1 unspecified atom stereocenters. The van der Waals surface area contributed by atoms with E-state index in [0.29, 0.717) is 12.2 Å². The van der Waals surface area contributed by atoms with E-state index in [2.05, 4.69) is 25.8 Å². The fourth-order valence-electron chi connectivity index (χ4n) is 1.71. The number of halogens is 2. The maximum Gasteiger partial charge on any atom is 0.319 e. The normalized spacial score (nSPS) is 12.4. The minimum absolute atomic E-state index is 0.178. The number of nitrogens with one attached hydrogen (secondary N) is 2. The first-order valence-corrected chi connectivity index (χ1v) is 6.23. The predicted molar refractivity (Wildman–Crippen MR) is 69.9 cm³/mol. The molecule has 0 aliphatic heterocycles. The Morgan fingerprint density at radius 1 is 1.33 bits per heavy atom. The number of nitrogens with zero attached hydrogens (tertiary/aromatic N) is 5. The Bertz CT molecular complexity index is 569. The molecule has 0 bridgehead atoms. The Morgan fingerprint density at radius 2 is 2.14 bits per heavy atom. The number of alkyl halides is 2.